The Morgan fingerprint density at radius 3 is 3.00 bits per heavy atom. The minimum atomic E-state index is -0.314. The number of nitrogens with one attached hydrogen (secondary N) is 1. The van der Waals surface area contributed by atoms with Crippen molar-refractivity contribution < 1.29 is 14.3 Å². The van der Waals surface area contributed by atoms with Crippen molar-refractivity contribution in [2.24, 2.45) is 0 Å². The first-order valence-corrected chi connectivity index (χ1v) is 6.02. The molecule has 1 aromatic heterocycles. The first kappa shape index (κ1) is 12.0. The van der Waals surface area contributed by atoms with Gasteiger partial charge in [0, 0.05) is 10.7 Å². The molecule has 5 heteroatoms. The second kappa shape index (κ2) is 4.81. The average molecular weight is 253 g/mol. The highest BCUT2D eigenvalue weighted by molar-refractivity contribution is 7.20. The van der Waals surface area contributed by atoms with Crippen LogP contribution in [0.5, 0.6) is 0 Å². The van der Waals surface area contributed by atoms with Crippen molar-refractivity contribution in [3.05, 3.63) is 35.0 Å². The Hall–Kier alpha value is -1.46. The largest absolute Gasteiger partial charge is 0.394 e. The third-order valence-electron chi connectivity index (χ3n) is 2.35. The minimum absolute atomic E-state index is 0.106. The molecule has 0 aliphatic heterocycles. The second-order valence-corrected chi connectivity index (χ2v) is 4.93. The van der Waals surface area contributed by atoms with Crippen molar-refractivity contribution in [1.82, 2.24) is 5.32 Å². The first-order chi connectivity index (χ1) is 8.10. The summed E-state index contributed by atoms with van der Waals surface area (Å²) in [6.45, 7) is 1.61. The van der Waals surface area contributed by atoms with E-state index in [-0.39, 0.29) is 24.4 Å². The highest BCUT2D eigenvalue weighted by Gasteiger charge is 2.12. The normalized spacial score (nSPS) is 12.6. The van der Waals surface area contributed by atoms with Gasteiger partial charge >= 0.3 is 0 Å². The number of benzene rings is 1. The van der Waals surface area contributed by atoms with Crippen LogP contribution >= 0.6 is 11.3 Å². The summed E-state index contributed by atoms with van der Waals surface area (Å²) in [6.07, 6.45) is 0. The Balaban J connectivity index is 2.27. The van der Waals surface area contributed by atoms with E-state index in [0.717, 1.165) is 10.1 Å². The summed E-state index contributed by atoms with van der Waals surface area (Å²) in [5.41, 5.74) is 0. The average Bonchev–Trinajstić information content (AvgIpc) is 2.71. The molecule has 0 aliphatic carbocycles. The third-order valence-corrected chi connectivity index (χ3v) is 3.47. The van der Waals surface area contributed by atoms with Crippen LogP contribution in [0.1, 0.15) is 16.6 Å². The quantitative estimate of drug-likeness (QED) is 0.880. The van der Waals surface area contributed by atoms with E-state index in [1.54, 1.807) is 19.1 Å². The van der Waals surface area contributed by atoms with Crippen molar-refractivity contribution >= 4 is 27.3 Å². The smallest absolute Gasteiger partial charge is 0.261 e. The fourth-order valence-corrected chi connectivity index (χ4v) is 2.41. The van der Waals surface area contributed by atoms with Gasteiger partial charge in [-0.15, -0.1) is 11.3 Å². The van der Waals surface area contributed by atoms with Crippen molar-refractivity contribution in [3.8, 4) is 0 Å². The van der Waals surface area contributed by atoms with E-state index >= 15 is 0 Å². The van der Waals surface area contributed by atoms with Crippen LogP contribution in [-0.4, -0.2) is 23.7 Å². The molecule has 1 aromatic carbocycles. The highest BCUT2D eigenvalue weighted by Crippen LogP contribution is 2.26. The van der Waals surface area contributed by atoms with Crippen molar-refractivity contribution in [3.63, 3.8) is 0 Å². The molecule has 1 atom stereocenters. The number of amides is 1. The second-order valence-electron chi connectivity index (χ2n) is 3.85. The molecule has 0 unspecified atom stereocenters. The van der Waals surface area contributed by atoms with Gasteiger partial charge in [-0.05, 0) is 36.6 Å². The Morgan fingerprint density at radius 2 is 2.29 bits per heavy atom. The Morgan fingerprint density at radius 1 is 1.53 bits per heavy atom. The van der Waals surface area contributed by atoms with Crippen LogP contribution in [0.25, 0.3) is 10.1 Å². The number of hydrogen-bond donors (Lipinski definition) is 2. The molecule has 1 amide bonds. The lowest BCUT2D eigenvalue weighted by molar-refractivity contribution is 0.0926. The topological polar surface area (TPSA) is 49.3 Å². The summed E-state index contributed by atoms with van der Waals surface area (Å²) in [5.74, 6) is -0.556. The van der Waals surface area contributed by atoms with Crippen LogP contribution in [0.2, 0.25) is 0 Å². The maximum atomic E-state index is 13.0. The summed E-state index contributed by atoms with van der Waals surface area (Å²) in [6, 6.07) is 5.79. The highest BCUT2D eigenvalue weighted by atomic mass is 32.1. The maximum Gasteiger partial charge on any atom is 0.261 e. The molecular weight excluding hydrogens is 241 g/mol. The Kier molecular flexibility index (Phi) is 3.40. The summed E-state index contributed by atoms with van der Waals surface area (Å²) in [7, 11) is 0. The number of thiophene rings is 1. The summed E-state index contributed by atoms with van der Waals surface area (Å²) in [4.78, 5) is 12.3. The molecule has 17 heavy (non-hydrogen) atoms. The van der Waals surface area contributed by atoms with Crippen molar-refractivity contribution in [2.75, 3.05) is 6.61 Å². The van der Waals surface area contributed by atoms with Crippen LogP contribution in [0.4, 0.5) is 4.39 Å². The van der Waals surface area contributed by atoms with E-state index in [1.807, 2.05) is 0 Å². The summed E-state index contributed by atoms with van der Waals surface area (Å²) < 4.78 is 13.9. The van der Waals surface area contributed by atoms with Gasteiger partial charge in [0.05, 0.1) is 11.5 Å². The number of hydrogen-bond acceptors (Lipinski definition) is 3. The summed E-state index contributed by atoms with van der Waals surface area (Å²) in [5, 5.41) is 12.2. The molecule has 2 N–H and O–H groups in total. The first-order valence-electron chi connectivity index (χ1n) is 5.21. The van der Waals surface area contributed by atoms with E-state index in [9.17, 15) is 9.18 Å². The standard InChI is InChI=1S/C12H12FNO2S/c1-7(6-15)14-12(16)11-5-8-4-9(13)2-3-10(8)17-11/h2-5,7,15H,6H2,1H3,(H,14,16)/t7-/m1/s1. The van der Waals surface area contributed by atoms with Gasteiger partial charge in [0.1, 0.15) is 5.82 Å². The number of aliphatic hydroxyl groups excluding tert-OH is 1. The fourth-order valence-electron chi connectivity index (χ4n) is 1.47. The molecule has 0 radical (unpaired) electrons. The van der Waals surface area contributed by atoms with E-state index in [4.69, 9.17) is 5.11 Å². The molecule has 0 fully saturated rings. The van der Waals surface area contributed by atoms with Crippen molar-refractivity contribution in [2.45, 2.75) is 13.0 Å². The molecule has 0 spiro atoms. The van der Waals surface area contributed by atoms with Crippen molar-refractivity contribution in [1.29, 1.82) is 0 Å². The van der Waals surface area contributed by atoms with Gasteiger partial charge in [0.25, 0.3) is 5.91 Å². The zero-order chi connectivity index (χ0) is 12.4. The lowest BCUT2D eigenvalue weighted by Crippen LogP contribution is -2.34. The molecule has 0 aliphatic rings. The van der Waals surface area contributed by atoms with Crippen LogP contribution < -0.4 is 5.32 Å². The number of halogens is 1. The van der Waals surface area contributed by atoms with Crippen LogP contribution in [0.3, 0.4) is 0 Å². The van der Waals surface area contributed by atoms with Crippen LogP contribution in [0.15, 0.2) is 24.3 Å². The number of carbonyl (C=O) groups is 1. The molecule has 0 saturated heterocycles. The lowest BCUT2D eigenvalue weighted by atomic mass is 10.2. The molecular formula is C12H12FNO2S. The lowest BCUT2D eigenvalue weighted by Gasteiger charge is -2.08. The van der Waals surface area contributed by atoms with Gasteiger partial charge in [0.2, 0.25) is 0 Å². The van der Waals surface area contributed by atoms with E-state index in [0.29, 0.717) is 4.88 Å². The number of fused-ring (bicyclic) bond motifs is 1. The molecule has 90 valence electrons. The van der Waals surface area contributed by atoms with E-state index < -0.39 is 0 Å². The zero-order valence-corrected chi connectivity index (χ0v) is 10.1. The number of carbonyl (C=O) groups excluding carboxylic acids is 1. The Bertz CT molecular complexity index is 552. The van der Waals surface area contributed by atoms with E-state index in [1.165, 1.54) is 23.5 Å². The van der Waals surface area contributed by atoms with Gasteiger partial charge in [-0.3, -0.25) is 4.79 Å². The molecule has 1 heterocycles. The van der Waals surface area contributed by atoms with Gasteiger partial charge in [-0.25, -0.2) is 4.39 Å². The maximum absolute atomic E-state index is 13.0. The molecule has 0 bridgehead atoms. The molecule has 3 nitrogen and oxygen atoms in total. The van der Waals surface area contributed by atoms with Gasteiger partial charge in [-0.1, -0.05) is 0 Å². The molecule has 2 aromatic rings. The van der Waals surface area contributed by atoms with Crippen LogP contribution in [0, 0.1) is 5.82 Å². The molecule has 0 saturated carbocycles. The molecule has 2 rings (SSSR count). The Labute approximate surface area is 102 Å². The predicted octanol–water partition coefficient (Wildman–Crippen LogP) is 2.15. The minimum Gasteiger partial charge on any atom is -0.394 e. The third kappa shape index (κ3) is 2.62. The summed E-state index contributed by atoms with van der Waals surface area (Å²) >= 11 is 1.31. The predicted molar refractivity (Wildman–Crippen MR) is 65.8 cm³/mol. The van der Waals surface area contributed by atoms with Gasteiger partial charge in [-0.2, -0.15) is 0 Å². The zero-order valence-electron chi connectivity index (χ0n) is 9.24. The monoisotopic (exact) mass is 253 g/mol. The fraction of sp³-hybridized carbons (Fsp3) is 0.250. The SMILES string of the molecule is C[C@H](CO)NC(=O)c1cc2cc(F)ccc2s1. The number of aliphatic hydroxyl groups is 1. The van der Waals surface area contributed by atoms with Gasteiger partial charge in [0.15, 0.2) is 0 Å². The van der Waals surface area contributed by atoms with E-state index in [2.05, 4.69) is 5.32 Å². The number of rotatable bonds is 3. The van der Waals surface area contributed by atoms with Crippen LogP contribution in [-0.2, 0) is 0 Å². The van der Waals surface area contributed by atoms with Gasteiger partial charge < -0.3 is 10.4 Å².